The molecule has 2 fully saturated rings. The third-order valence-electron chi connectivity index (χ3n) is 4.65. The number of aryl methyl sites for hydroxylation is 1. The van der Waals surface area contributed by atoms with Crippen LogP contribution in [-0.2, 0) is 11.3 Å². The zero-order valence-electron chi connectivity index (χ0n) is 15.0. The number of hydrogen-bond donors (Lipinski definition) is 2. The molecular formula is C19H29N3O2. The maximum atomic E-state index is 6.03. The van der Waals surface area contributed by atoms with E-state index < -0.39 is 0 Å². The number of ether oxygens (including phenoxy) is 2. The van der Waals surface area contributed by atoms with Gasteiger partial charge in [-0.15, -0.1) is 0 Å². The van der Waals surface area contributed by atoms with Crippen molar-refractivity contribution < 1.29 is 9.47 Å². The fourth-order valence-corrected chi connectivity index (χ4v) is 2.68. The van der Waals surface area contributed by atoms with Crippen LogP contribution in [0.1, 0.15) is 30.9 Å². The predicted molar refractivity (Wildman–Crippen MR) is 96.5 cm³/mol. The molecule has 0 radical (unpaired) electrons. The van der Waals surface area contributed by atoms with Crippen LogP contribution >= 0.6 is 0 Å². The van der Waals surface area contributed by atoms with Crippen LogP contribution in [0.3, 0.4) is 0 Å². The fraction of sp³-hybridized carbons (Fsp3) is 0.632. The summed E-state index contributed by atoms with van der Waals surface area (Å²) < 4.78 is 11.3. The molecule has 132 valence electrons. The Morgan fingerprint density at radius 3 is 2.75 bits per heavy atom. The number of nitrogens with one attached hydrogen (secondary N) is 2. The van der Waals surface area contributed by atoms with Crippen LogP contribution in [0.25, 0.3) is 0 Å². The molecule has 1 aromatic carbocycles. The van der Waals surface area contributed by atoms with E-state index >= 15 is 0 Å². The fourth-order valence-electron chi connectivity index (χ4n) is 2.68. The van der Waals surface area contributed by atoms with Gasteiger partial charge in [-0.2, -0.15) is 0 Å². The second kappa shape index (κ2) is 7.43. The standard InChI is InChI=1S/C19H29N3O2/c1-14-4-7-16(17(8-14)24-10-15-5-6-15)9-21-18(20-3)22-11-19(2)12-23-13-19/h4,7-8,15H,5-6,9-13H2,1-3H3,(H2,20,21,22). The highest BCUT2D eigenvalue weighted by atomic mass is 16.5. The van der Waals surface area contributed by atoms with E-state index in [0.29, 0.717) is 6.54 Å². The SMILES string of the molecule is CN=C(NCc1ccc(C)cc1OCC1CC1)NCC1(C)COC1. The second-order valence-electron chi connectivity index (χ2n) is 7.45. The van der Waals surface area contributed by atoms with Crippen molar-refractivity contribution in [2.45, 2.75) is 33.2 Å². The van der Waals surface area contributed by atoms with Gasteiger partial charge in [0.05, 0.1) is 19.8 Å². The van der Waals surface area contributed by atoms with Crippen molar-refractivity contribution in [3.05, 3.63) is 29.3 Å². The van der Waals surface area contributed by atoms with Crippen molar-refractivity contribution in [2.24, 2.45) is 16.3 Å². The molecule has 0 atom stereocenters. The van der Waals surface area contributed by atoms with Crippen molar-refractivity contribution in [2.75, 3.05) is 33.4 Å². The maximum Gasteiger partial charge on any atom is 0.191 e. The van der Waals surface area contributed by atoms with Gasteiger partial charge in [0.1, 0.15) is 5.75 Å². The molecule has 0 spiro atoms. The molecule has 1 saturated heterocycles. The van der Waals surface area contributed by atoms with Gasteiger partial charge in [-0.05, 0) is 37.3 Å². The second-order valence-corrected chi connectivity index (χ2v) is 7.45. The Hall–Kier alpha value is -1.75. The molecule has 0 unspecified atom stereocenters. The predicted octanol–water partition coefficient (Wildman–Crippen LogP) is 2.49. The van der Waals surface area contributed by atoms with Crippen molar-refractivity contribution in [3.8, 4) is 5.75 Å². The monoisotopic (exact) mass is 331 g/mol. The van der Waals surface area contributed by atoms with Gasteiger partial charge in [0.25, 0.3) is 0 Å². The number of benzene rings is 1. The van der Waals surface area contributed by atoms with Crippen LogP contribution < -0.4 is 15.4 Å². The molecular weight excluding hydrogens is 302 g/mol. The van der Waals surface area contributed by atoms with Crippen molar-refractivity contribution in [1.29, 1.82) is 0 Å². The zero-order chi connectivity index (χ0) is 17.0. The number of hydrogen-bond acceptors (Lipinski definition) is 3. The minimum atomic E-state index is 0.222. The van der Waals surface area contributed by atoms with Gasteiger partial charge in [0.2, 0.25) is 0 Å². The molecule has 5 heteroatoms. The van der Waals surface area contributed by atoms with Crippen LogP contribution in [0, 0.1) is 18.3 Å². The number of aliphatic imine (C=N–C) groups is 1. The molecule has 3 rings (SSSR count). The molecule has 1 aliphatic carbocycles. The lowest BCUT2D eigenvalue weighted by Gasteiger charge is -2.38. The molecule has 2 aliphatic rings. The van der Waals surface area contributed by atoms with Gasteiger partial charge in [0, 0.05) is 31.1 Å². The van der Waals surface area contributed by atoms with Gasteiger partial charge in [-0.1, -0.05) is 19.1 Å². The van der Waals surface area contributed by atoms with Gasteiger partial charge in [-0.3, -0.25) is 4.99 Å². The van der Waals surface area contributed by atoms with Crippen molar-refractivity contribution in [1.82, 2.24) is 10.6 Å². The largest absolute Gasteiger partial charge is 0.493 e. The highest BCUT2D eigenvalue weighted by molar-refractivity contribution is 5.79. The van der Waals surface area contributed by atoms with E-state index in [2.05, 4.69) is 47.7 Å². The molecule has 5 nitrogen and oxygen atoms in total. The van der Waals surface area contributed by atoms with Crippen LogP contribution in [-0.4, -0.2) is 39.4 Å². The van der Waals surface area contributed by atoms with Crippen LogP contribution in [0.5, 0.6) is 5.75 Å². The summed E-state index contributed by atoms with van der Waals surface area (Å²) in [6.45, 7) is 8.35. The summed E-state index contributed by atoms with van der Waals surface area (Å²) in [6, 6.07) is 6.39. The first-order valence-electron chi connectivity index (χ1n) is 8.83. The first-order valence-corrected chi connectivity index (χ1v) is 8.83. The molecule has 1 aliphatic heterocycles. The first-order chi connectivity index (χ1) is 11.6. The lowest BCUT2D eigenvalue weighted by Crippen LogP contribution is -2.50. The third kappa shape index (κ3) is 4.63. The Balaban J connectivity index is 1.53. The first kappa shape index (κ1) is 17.1. The minimum Gasteiger partial charge on any atom is -0.493 e. The lowest BCUT2D eigenvalue weighted by atomic mass is 9.89. The minimum absolute atomic E-state index is 0.222. The number of guanidine groups is 1. The Labute approximate surface area is 144 Å². The van der Waals surface area contributed by atoms with E-state index in [4.69, 9.17) is 9.47 Å². The van der Waals surface area contributed by atoms with Crippen LogP contribution in [0.2, 0.25) is 0 Å². The molecule has 0 aromatic heterocycles. The Morgan fingerprint density at radius 1 is 1.33 bits per heavy atom. The average Bonchev–Trinajstić information content (AvgIpc) is 3.37. The summed E-state index contributed by atoms with van der Waals surface area (Å²) in [5, 5.41) is 6.78. The molecule has 1 aromatic rings. The molecule has 2 N–H and O–H groups in total. The van der Waals surface area contributed by atoms with Gasteiger partial charge >= 0.3 is 0 Å². The lowest BCUT2D eigenvalue weighted by molar-refractivity contribution is -0.0971. The Bertz CT molecular complexity index is 592. The van der Waals surface area contributed by atoms with Crippen LogP contribution in [0.4, 0.5) is 0 Å². The molecule has 0 amide bonds. The average molecular weight is 331 g/mol. The van der Waals surface area contributed by atoms with E-state index in [-0.39, 0.29) is 5.41 Å². The van der Waals surface area contributed by atoms with Gasteiger partial charge in [0.15, 0.2) is 5.96 Å². The smallest absolute Gasteiger partial charge is 0.191 e. The quantitative estimate of drug-likeness (QED) is 0.595. The summed E-state index contributed by atoms with van der Waals surface area (Å²) in [5.74, 6) is 2.56. The van der Waals surface area contributed by atoms with Crippen molar-refractivity contribution in [3.63, 3.8) is 0 Å². The van der Waals surface area contributed by atoms with E-state index in [1.165, 1.54) is 24.0 Å². The van der Waals surface area contributed by atoms with Crippen molar-refractivity contribution >= 4 is 5.96 Å². The number of nitrogens with zero attached hydrogens (tertiary/aromatic N) is 1. The molecule has 1 saturated carbocycles. The van der Waals surface area contributed by atoms with E-state index in [0.717, 1.165) is 44.0 Å². The third-order valence-corrected chi connectivity index (χ3v) is 4.65. The highest BCUT2D eigenvalue weighted by Gasteiger charge is 2.33. The van der Waals surface area contributed by atoms with Gasteiger partial charge < -0.3 is 20.1 Å². The maximum absolute atomic E-state index is 6.03. The zero-order valence-corrected chi connectivity index (χ0v) is 15.0. The summed E-state index contributed by atoms with van der Waals surface area (Å²) in [5.41, 5.74) is 2.62. The Kier molecular flexibility index (Phi) is 5.29. The van der Waals surface area contributed by atoms with Crippen LogP contribution in [0.15, 0.2) is 23.2 Å². The van der Waals surface area contributed by atoms with E-state index in [1.54, 1.807) is 7.05 Å². The van der Waals surface area contributed by atoms with E-state index in [9.17, 15) is 0 Å². The molecule has 24 heavy (non-hydrogen) atoms. The summed E-state index contributed by atoms with van der Waals surface area (Å²) in [4.78, 5) is 4.31. The topological polar surface area (TPSA) is 54.9 Å². The number of rotatable bonds is 7. The summed E-state index contributed by atoms with van der Waals surface area (Å²) >= 11 is 0. The molecule has 1 heterocycles. The Morgan fingerprint density at radius 2 is 2.12 bits per heavy atom. The summed E-state index contributed by atoms with van der Waals surface area (Å²) in [7, 11) is 1.80. The summed E-state index contributed by atoms with van der Waals surface area (Å²) in [6.07, 6.45) is 2.61. The molecule has 0 bridgehead atoms. The van der Waals surface area contributed by atoms with E-state index in [1.807, 2.05) is 0 Å². The van der Waals surface area contributed by atoms with Gasteiger partial charge in [-0.25, -0.2) is 0 Å². The normalized spacial score (nSPS) is 19.5. The highest BCUT2D eigenvalue weighted by Crippen LogP contribution is 2.30.